The highest BCUT2D eigenvalue weighted by Gasteiger charge is 2.23. The lowest BCUT2D eigenvalue weighted by atomic mass is 10.1. The highest BCUT2D eigenvalue weighted by Crippen LogP contribution is 2.45. The van der Waals surface area contributed by atoms with Crippen molar-refractivity contribution in [3.05, 3.63) is 58.2 Å². The lowest BCUT2D eigenvalue weighted by molar-refractivity contribution is 0.102. The first-order valence-corrected chi connectivity index (χ1v) is 12.9. The van der Waals surface area contributed by atoms with Gasteiger partial charge in [0.2, 0.25) is 0 Å². The minimum Gasteiger partial charge on any atom is -0.495 e. The molecule has 0 unspecified atom stereocenters. The minimum atomic E-state index is -0.321. The number of methoxy groups -OCH3 is 2. The van der Waals surface area contributed by atoms with E-state index in [0.29, 0.717) is 67.3 Å². The van der Waals surface area contributed by atoms with Gasteiger partial charge < -0.3 is 25.0 Å². The number of fused-ring (bicyclic) bond motifs is 1. The molecule has 2 aromatic carbocycles. The van der Waals surface area contributed by atoms with E-state index in [4.69, 9.17) is 32.7 Å². The monoisotopic (exact) mass is 554 g/mol. The number of piperazine rings is 1. The Morgan fingerprint density at radius 1 is 1.00 bits per heavy atom. The van der Waals surface area contributed by atoms with Crippen molar-refractivity contribution in [2.75, 3.05) is 37.5 Å². The summed E-state index contributed by atoms with van der Waals surface area (Å²) in [7, 11) is 3.01. The first-order chi connectivity index (χ1) is 18.3. The number of ether oxygens (including phenoxy) is 2. The Morgan fingerprint density at radius 2 is 1.63 bits per heavy atom. The fourth-order valence-corrected chi connectivity index (χ4v) is 5.50. The second kappa shape index (κ2) is 10.7. The molecule has 3 heterocycles. The maximum Gasteiger partial charge on any atom is 0.274 e. The van der Waals surface area contributed by atoms with Crippen molar-refractivity contribution in [1.29, 1.82) is 0 Å². The van der Waals surface area contributed by atoms with E-state index in [1.54, 1.807) is 18.2 Å². The third-order valence-electron chi connectivity index (χ3n) is 6.52. The zero-order chi connectivity index (χ0) is 27.0. The number of pyridine rings is 1. The third-order valence-corrected chi connectivity index (χ3v) is 7.27. The van der Waals surface area contributed by atoms with Crippen LogP contribution in [0.3, 0.4) is 0 Å². The summed E-state index contributed by atoms with van der Waals surface area (Å²) in [5.74, 6) is 0.483. The highest BCUT2D eigenvalue weighted by molar-refractivity contribution is 6.41. The van der Waals surface area contributed by atoms with Crippen LogP contribution in [0, 0.1) is 0 Å². The van der Waals surface area contributed by atoms with Gasteiger partial charge in [-0.2, -0.15) is 5.10 Å². The Labute approximate surface area is 230 Å². The summed E-state index contributed by atoms with van der Waals surface area (Å²) in [6.45, 7) is 6.23. The SMILES string of the molecule is COc1cc(OC)c(Cl)c(-c2ccc3c(C(=O)Nc4ccc(N5C[C@@H](C)N[C@@H](C)C5)cc4)[nH]nc3n2)c1Cl. The number of anilines is 2. The molecule has 1 saturated heterocycles. The molecule has 1 aliphatic rings. The van der Waals surface area contributed by atoms with Gasteiger partial charge in [-0.1, -0.05) is 23.2 Å². The van der Waals surface area contributed by atoms with E-state index in [0.717, 1.165) is 18.8 Å². The van der Waals surface area contributed by atoms with Crippen LogP contribution >= 0.6 is 23.2 Å². The number of halogens is 2. The molecule has 1 amide bonds. The minimum absolute atomic E-state index is 0.298. The Hall–Kier alpha value is -3.53. The number of nitrogens with one attached hydrogen (secondary N) is 3. The number of aromatic amines is 1. The summed E-state index contributed by atoms with van der Waals surface area (Å²) >= 11 is 13.1. The molecule has 4 aromatic rings. The fraction of sp³-hybridized carbons (Fsp3) is 0.296. The first-order valence-electron chi connectivity index (χ1n) is 12.2. The summed E-state index contributed by atoms with van der Waals surface area (Å²) in [5, 5.41) is 14.7. The molecule has 0 saturated carbocycles. The maximum atomic E-state index is 13.1. The topological polar surface area (TPSA) is 104 Å². The zero-order valence-electron chi connectivity index (χ0n) is 21.4. The van der Waals surface area contributed by atoms with Gasteiger partial charge in [-0.3, -0.25) is 9.89 Å². The predicted molar refractivity (Wildman–Crippen MR) is 151 cm³/mol. The number of carbonyl (C=O) groups is 1. The number of benzene rings is 2. The number of H-pyrrole nitrogens is 1. The summed E-state index contributed by atoms with van der Waals surface area (Å²) in [6.07, 6.45) is 0. The third kappa shape index (κ3) is 4.97. The zero-order valence-corrected chi connectivity index (χ0v) is 22.9. The van der Waals surface area contributed by atoms with Crippen LogP contribution in [0.5, 0.6) is 11.5 Å². The van der Waals surface area contributed by atoms with Gasteiger partial charge in [0.05, 0.1) is 35.3 Å². The number of hydrogen-bond acceptors (Lipinski definition) is 7. The highest BCUT2D eigenvalue weighted by atomic mass is 35.5. The standard InChI is InChI=1S/C27H28Cl2N6O3/c1-14-12-35(13-15(2)30-14)17-7-5-16(6-8-17)31-27(36)25-18-9-10-19(32-26(18)34-33-25)22-23(28)20(37-3)11-21(38-4)24(22)29/h5-11,14-15,30H,12-13H2,1-4H3,(H,31,36)(H,32,33,34)/t14-,15+. The van der Waals surface area contributed by atoms with E-state index in [2.05, 4.69) is 44.6 Å². The lowest BCUT2D eigenvalue weighted by Gasteiger charge is -2.37. The van der Waals surface area contributed by atoms with Crippen molar-refractivity contribution in [2.24, 2.45) is 0 Å². The number of nitrogens with zero attached hydrogens (tertiary/aromatic N) is 3. The van der Waals surface area contributed by atoms with E-state index in [1.807, 2.05) is 24.3 Å². The largest absolute Gasteiger partial charge is 0.495 e. The maximum absolute atomic E-state index is 13.1. The fourth-order valence-electron chi connectivity index (χ4n) is 4.81. The van der Waals surface area contributed by atoms with Crippen LogP contribution in [0.2, 0.25) is 10.0 Å². The van der Waals surface area contributed by atoms with Gasteiger partial charge in [0.25, 0.3) is 5.91 Å². The predicted octanol–water partition coefficient (Wildman–Crippen LogP) is 5.39. The van der Waals surface area contributed by atoms with E-state index >= 15 is 0 Å². The summed E-state index contributed by atoms with van der Waals surface area (Å²) in [4.78, 5) is 20.0. The van der Waals surface area contributed by atoms with Crippen LogP contribution < -0.4 is 25.0 Å². The van der Waals surface area contributed by atoms with Gasteiger partial charge in [0.1, 0.15) is 17.2 Å². The van der Waals surface area contributed by atoms with Crippen molar-refractivity contribution < 1.29 is 14.3 Å². The molecular weight excluding hydrogens is 527 g/mol. The number of rotatable bonds is 6. The average molecular weight is 555 g/mol. The molecule has 0 aliphatic carbocycles. The van der Waals surface area contributed by atoms with Crippen LogP contribution in [0.4, 0.5) is 11.4 Å². The smallest absolute Gasteiger partial charge is 0.274 e. The Morgan fingerprint density at radius 3 is 2.24 bits per heavy atom. The molecule has 5 rings (SSSR count). The van der Waals surface area contributed by atoms with Crippen molar-refractivity contribution in [3.63, 3.8) is 0 Å². The van der Waals surface area contributed by atoms with E-state index in [-0.39, 0.29) is 5.91 Å². The Balaban J connectivity index is 1.37. The molecule has 1 aliphatic heterocycles. The van der Waals surface area contributed by atoms with Gasteiger partial charge in [-0.05, 0) is 50.2 Å². The molecule has 198 valence electrons. The molecular formula is C27H28Cl2N6O3. The number of carbonyl (C=O) groups excluding carboxylic acids is 1. The molecule has 3 N–H and O–H groups in total. The average Bonchev–Trinajstić information content (AvgIpc) is 3.32. The summed E-state index contributed by atoms with van der Waals surface area (Å²) < 4.78 is 10.7. The van der Waals surface area contributed by atoms with Crippen molar-refractivity contribution in [2.45, 2.75) is 25.9 Å². The van der Waals surface area contributed by atoms with E-state index < -0.39 is 0 Å². The van der Waals surface area contributed by atoms with Crippen molar-refractivity contribution in [1.82, 2.24) is 20.5 Å². The normalized spacial score (nSPS) is 17.5. The number of aromatic nitrogens is 3. The number of amides is 1. The first kappa shape index (κ1) is 26.1. The van der Waals surface area contributed by atoms with Gasteiger partial charge >= 0.3 is 0 Å². The molecule has 2 aromatic heterocycles. The van der Waals surface area contributed by atoms with Crippen LogP contribution in [-0.4, -0.2) is 60.5 Å². The lowest BCUT2D eigenvalue weighted by Crippen LogP contribution is -2.54. The van der Waals surface area contributed by atoms with Crippen LogP contribution in [-0.2, 0) is 0 Å². The second-order valence-electron chi connectivity index (χ2n) is 9.33. The van der Waals surface area contributed by atoms with Crippen LogP contribution in [0.1, 0.15) is 24.3 Å². The summed E-state index contributed by atoms with van der Waals surface area (Å²) in [6, 6.07) is 13.8. The molecule has 0 bridgehead atoms. The molecule has 11 heteroatoms. The number of hydrogen-bond donors (Lipinski definition) is 3. The molecule has 9 nitrogen and oxygen atoms in total. The van der Waals surface area contributed by atoms with Crippen LogP contribution in [0.15, 0.2) is 42.5 Å². The molecule has 0 spiro atoms. The molecule has 0 radical (unpaired) electrons. The molecule has 1 fully saturated rings. The molecule has 2 atom stereocenters. The summed E-state index contributed by atoms with van der Waals surface area (Å²) in [5.41, 5.74) is 3.37. The van der Waals surface area contributed by atoms with Crippen molar-refractivity contribution >= 4 is 51.5 Å². The van der Waals surface area contributed by atoms with Gasteiger partial charge in [-0.25, -0.2) is 4.98 Å². The van der Waals surface area contributed by atoms with Gasteiger partial charge in [0.15, 0.2) is 5.65 Å². The van der Waals surface area contributed by atoms with Gasteiger partial charge in [0, 0.05) is 48.2 Å². The Kier molecular flexibility index (Phi) is 7.34. The van der Waals surface area contributed by atoms with E-state index in [9.17, 15) is 4.79 Å². The van der Waals surface area contributed by atoms with E-state index in [1.165, 1.54) is 14.2 Å². The quantitative estimate of drug-likeness (QED) is 0.293. The molecule has 38 heavy (non-hydrogen) atoms. The second-order valence-corrected chi connectivity index (χ2v) is 10.1. The van der Waals surface area contributed by atoms with Crippen molar-refractivity contribution in [3.8, 4) is 22.8 Å². The Bertz CT molecular complexity index is 1450. The van der Waals surface area contributed by atoms with Crippen LogP contribution in [0.25, 0.3) is 22.3 Å². The van der Waals surface area contributed by atoms with Gasteiger partial charge in [-0.15, -0.1) is 0 Å².